The molecule has 76 valence electrons. The Morgan fingerprint density at radius 3 is 3.00 bits per heavy atom. The van der Waals surface area contributed by atoms with Gasteiger partial charge in [0, 0.05) is 17.8 Å². The van der Waals surface area contributed by atoms with Gasteiger partial charge in [-0.25, -0.2) is 4.98 Å². The fourth-order valence-corrected chi connectivity index (χ4v) is 1.31. The van der Waals surface area contributed by atoms with Gasteiger partial charge < -0.3 is 9.84 Å². The smallest absolute Gasteiger partial charge is 0.213 e. The Bertz CT molecular complexity index is 326. The van der Waals surface area contributed by atoms with E-state index in [9.17, 15) is 0 Å². The highest BCUT2D eigenvalue weighted by molar-refractivity contribution is 6.31. The molecule has 0 aliphatic heterocycles. The number of halogens is 1. The molecule has 1 heterocycles. The molecule has 4 heteroatoms. The zero-order valence-corrected chi connectivity index (χ0v) is 8.50. The molecule has 1 fully saturated rings. The standard InChI is InChI=1S/C10H12ClNO2/c11-9-4-12-10(3-8(9)5-13)14-6-7-1-2-7/h3-4,7,13H,1-2,5-6H2. The van der Waals surface area contributed by atoms with Crippen LogP contribution in [0.4, 0.5) is 0 Å². The minimum Gasteiger partial charge on any atom is -0.477 e. The molecular formula is C10H12ClNO2. The molecule has 3 nitrogen and oxygen atoms in total. The maximum absolute atomic E-state index is 8.96. The number of hydrogen-bond donors (Lipinski definition) is 1. The monoisotopic (exact) mass is 213 g/mol. The van der Waals surface area contributed by atoms with Crippen LogP contribution in [0.25, 0.3) is 0 Å². The lowest BCUT2D eigenvalue weighted by Crippen LogP contribution is -2.01. The van der Waals surface area contributed by atoms with Gasteiger partial charge in [-0.05, 0) is 18.8 Å². The molecule has 0 saturated heterocycles. The van der Waals surface area contributed by atoms with E-state index in [1.165, 1.54) is 19.0 Å². The molecule has 1 saturated carbocycles. The van der Waals surface area contributed by atoms with E-state index in [0.717, 1.165) is 6.61 Å². The first-order valence-corrected chi connectivity index (χ1v) is 5.05. The third-order valence-corrected chi connectivity index (χ3v) is 2.58. The maximum Gasteiger partial charge on any atom is 0.213 e. The maximum atomic E-state index is 8.96. The number of aliphatic hydroxyl groups excluding tert-OH is 1. The predicted molar refractivity (Wildman–Crippen MR) is 53.4 cm³/mol. The van der Waals surface area contributed by atoms with Crippen LogP contribution in [0.1, 0.15) is 18.4 Å². The average molecular weight is 214 g/mol. The molecule has 2 rings (SSSR count). The molecule has 0 atom stereocenters. The number of rotatable bonds is 4. The summed E-state index contributed by atoms with van der Waals surface area (Å²) in [6.45, 7) is 0.640. The summed E-state index contributed by atoms with van der Waals surface area (Å²) in [7, 11) is 0. The molecule has 14 heavy (non-hydrogen) atoms. The Balaban J connectivity index is 2.01. The summed E-state index contributed by atoms with van der Waals surface area (Å²) in [5.74, 6) is 1.25. The molecule has 1 aromatic rings. The van der Waals surface area contributed by atoms with E-state index in [4.69, 9.17) is 21.4 Å². The van der Waals surface area contributed by atoms with E-state index in [1.807, 2.05) is 0 Å². The summed E-state index contributed by atoms with van der Waals surface area (Å²) in [5.41, 5.74) is 0.660. The van der Waals surface area contributed by atoms with Crippen molar-refractivity contribution < 1.29 is 9.84 Å². The Kier molecular flexibility index (Phi) is 2.89. The molecule has 0 aromatic carbocycles. The fraction of sp³-hybridized carbons (Fsp3) is 0.500. The van der Waals surface area contributed by atoms with Crippen molar-refractivity contribution in [1.29, 1.82) is 0 Å². The third kappa shape index (κ3) is 2.36. The Morgan fingerprint density at radius 2 is 2.36 bits per heavy atom. The van der Waals surface area contributed by atoms with Crippen LogP contribution >= 0.6 is 11.6 Å². The molecule has 0 spiro atoms. The first-order chi connectivity index (χ1) is 6.79. The van der Waals surface area contributed by atoms with Crippen molar-refractivity contribution >= 4 is 11.6 Å². The normalized spacial score (nSPS) is 15.6. The lowest BCUT2D eigenvalue weighted by atomic mass is 10.3. The summed E-state index contributed by atoms with van der Waals surface area (Å²) in [6, 6.07) is 1.69. The summed E-state index contributed by atoms with van der Waals surface area (Å²) >= 11 is 5.79. The first kappa shape index (κ1) is 9.74. The van der Waals surface area contributed by atoms with E-state index in [-0.39, 0.29) is 6.61 Å². The van der Waals surface area contributed by atoms with Crippen LogP contribution in [-0.2, 0) is 6.61 Å². The summed E-state index contributed by atoms with van der Waals surface area (Å²) in [4.78, 5) is 4.02. The van der Waals surface area contributed by atoms with Gasteiger partial charge in [-0.1, -0.05) is 11.6 Å². The van der Waals surface area contributed by atoms with Gasteiger partial charge in [0.05, 0.1) is 18.2 Å². The second kappa shape index (κ2) is 4.15. The molecule has 0 unspecified atom stereocenters. The highest BCUT2D eigenvalue weighted by Crippen LogP contribution is 2.29. The quantitative estimate of drug-likeness (QED) is 0.832. The Hall–Kier alpha value is -0.800. The molecular weight excluding hydrogens is 202 g/mol. The summed E-state index contributed by atoms with van der Waals surface area (Å²) < 4.78 is 5.45. The number of aromatic nitrogens is 1. The largest absolute Gasteiger partial charge is 0.477 e. The molecule has 0 amide bonds. The second-order valence-corrected chi connectivity index (χ2v) is 3.93. The third-order valence-electron chi connectivity index (χ3n) is 2.24. The Morgan fingerprint density at radius 1 is 1.57 bits per heavy atom. The molecule has 1 aromatic heterocycles. The minimum absolute atomic E-state index is 0.0822. The van der Waals surface area contributed by atoms with Crippen LogP contribution in [0.3, 0.4) is 0 Å². The number of nitrogens with zero attached hydrogens (tertiary/aromatic N) is 1. The van der Waals surface area contributed by atoms with Crippen molar-refractivity contribution in [3.05, 3.63) is 22.8 Å². The van der Waals surface area contributed by atoms with Gasteiger partial charge >= 0.3 is 0 Å². The topological polar surface area (TPSA) is 42.4 Å². The predicted octanol–water partition coefficient (Wildman–Crippen LogP) is 2.02. The van der Waals surface area contributed by atoms with E-state index in [0.29, 0.717) is 22.4 Å². The van der Waals surface area contributed by atoms with Crippen LogP contribution in [-0.4, -0.2) is 16.7 Å². The van der Waals surface area contributed by atoms with Crippen LogP contribution in [0.15, 0.2) is 12.3 Å². The second-order valence-electron chi connectivity index (χ2n) is 3.53. The zero-order chi connectivity index (χ0) is 9.97. The van der Waals surface area contributed by atoms with Gasteiger partial charge in [0.2, 0.25) is 5.88 Å². The van der Waals surface area contributed by atoms with Crippen molar-refractivity contribution in [3.8, 4) is 5.88 Å². The number of pyridine rings is 1. The first-order valence-electron chi connectivity index (χ1n) is 4.67. The molecule has 1 N–H and O–H groups in total. The van der Waals surface area contributed by atoms with Gasteiger partial charge in [-0.2, -0.15) is 0 Å². The van der Waals surface area contributed by atoms with Crippen molar-refractivity contribution in [1.82, 2.24) is 4.98 Å². The van der Waals surface area contributed by atoms with Gasteiger partial charge in [-0.3, -0.25) is 0 Å². The van der Waals surface area contributed by atoms with Crippen molar-refractivity contribution in [2.75, 3.05) is 6.61 Å². The van der Waals surface area contributed by atoms with Crippen LogP contribution in [0.2, 0.25) is 5.02 Å². The Labute approximate surface area is 87.7 Å². The van der Waals surface area contributed by atoms with Gasteiger partial charge in [0.15, 0.2) is 0 Å². The summed E-state index contributed by atoms with van der Waals surface area (Å²) in [6.07, 6.45) is 4.01. The average Bonchev–Trinajstić information content (AvgIpc) is 3.00. The molecule has 1 aliphatic rings. The SMILES string of the molecule is OCc1cc(OCC2CC2)ncc1Cl. The van der Waals surface area contributed by atoms with Gasteiger partial charge in [0.25, 0.3) is 0 Å². The van der Waals surface area contributed by atoms with Crippen molar-refractivity contribution in [3.63, 3.8) is 0 Å². The summed E-state index contributed by atoms with van der Waals surface area (Å²) in [5, 5.41) is 9.44. The van der Waals surface area contributed by atoms with E-state index in [1.54, 1.807) is 6.07 Å². The van der Waals surface area contributed by atoms with Gasteiger partial charge in [0.1, 0.15) is 0 Å². The highest BCUT2D eigenvalue weighted by Gasteiger charge is 2.22. The van der Waals surface area contributed by atoms with Crippen LogP contribution in [0.5, 0.6) is 5.88 Å². The fourth-order valence-electron chi connectivity index (χ4n) is 1.15. The highest BCUT2D eigenvalue weighted by atomic mass is 35.5. The number of ether oxygens (including phenoxy) is 1. The zero-order valence-electron chi connectivity index (χ0n) is 7.74. The van der Waals surface area contributed by atoms with Gasteiger partial charge in [-0.15, -0.1) is 0 Å². The van der Waals surface area contributed by atoms with Crippen LogP contribution < -0.4 is 4.74 Å². The molecule has 0 bridgehead atoms. The van der Waals surface area contributed by atoms with E-state index in [2.05, 4.69) is 4.98 Å². The number of aliphatic hydroxyl groups is 1. The van der Waals surface area contributed by atoms with E-state index < -0.39 is 0 Å². The van der Waals surface area contributed by atoms with Crippen molar-refractivity contribution in [2.24, 2.45) is 5.92 Å². The van der Waals surface area contributed by atoms with E-state index >= 15 is 0 Å². The van der Waals surface area contributed by atoms with Crippen molar-refractivity contribution in [2.45, 2.75) is 19.4 Å². The van der Waals surface area contributed by atoms with Crippen LogP contribution in [0, 0.1) is 5.92 Å². The molecule has 0 radical (unpaired) electrons. The lowest BCUT2D eigenvalue weighted by Gasteiger charge is -2.06. The number of hydrogen-bond acceptors (Lipinski definition) is 3. The minimum atomic E-state index is -0.0822. The molecule has 1 aliphatic carbocycles. The lowest BCUT2D eigenvalue weighted by molar-refractivity contribution is 0.273.